The zero-order valence-corrected chi connectivity index (χ0v) is 17.7. The maximum absolute atomic E-state index is 2.54. The summed E-state index contributed by atoms with van der Waals surface area (Å²) in [5, 5.41) is 0. The minimum absolute atomic E-state index is 0.570. The summed E-state index contributed by atoms with van der Waals surface area (Å²) in [6.07, 6.45) is 0. The maximum atomic E-state index is 2.54. The van der Waals surface area contributed by atoms with E-state index in [9.17, 15) is 0 Å². The summed E-state index contributed by atoms with van der Waals surface area (Å²) in [6, 6.07) is 7.00. The van der Waals surface area contributed by atoms with Crippen LogP contribution in [0.1, 0.15) is 52.7 Å². The van der Waals surface area contributed by atoms with E-state index < -0.39 is 21.4 Å². The zero-order chi connectivity index (χ0) is 14.4. The van der Waals surface area contributed by atoms with Crippen LogP contribution in [0.2, 0.25) is 0 Å². The van der Waals surface area contributed by atoms with Gasteiger partial charge in [0.25, 0.3) is 0 Å². The molecule has 2 rings (SSSR count). The van der Waals surface area contributed by atoms with E-state index in [1.165, 1.54) is 5.56 Å². The van der Waals surface area contributed by atoms with Crippen LogP contribution in [-0.4, -0.2) is 30.0 Å². The van der Waals surface area contributed by atoms with E-state index in [0.29, 0.717) is 2.91 Å². The molecule has 0 nitrogen and oxygen atoms in total. The Bertz CT molecular complexity index is 526. The van der Waals surface area contributed by atoms with Gasteiger partial charge in [-0.1, -0.05) is 0 Å². The van der Waals surface area contributed by atoms with Crippen molar-refractivity contribution >= 4 is 38.9 Å². The summed E-state index contributed by atoms with van der Waals surface area (Å²) in [5.74, 6) is 0. The predicted molar refractivity (Wildman–Crippen MR) is 92.4 cm³/mol. The average Bonchev–Trinajstić information content (AvgIpc) is 2.51. The van der Waals surface area contributed by atoms with Crippen LogP contribution in [0.5, 0.6) is 0 Å². The fraction of sp³-hybridized carbons (Fsp3) is 0.529. The van der Waals surface area contributed by atoms with Crippen LogP contribution in [-0.2, 0) is 0 Å². The van der Waals surface area contributed by atoms with Crippen molar-refractivity contribution in [3.8, 4) is 0 Å². The summed E-state index contributed by atoms with van der Waals surface area (Å²) in [4.78, 5) is 0. The topological polar surface area (TPSA) is 0 Å². The Morgan fingerprint density at radius 1 is 1.11 bits per heavy atom. The zero-order valence-electron chi connectivity index (χ0n) is 13.4. The SMILES string of the molecule is CC1=[C](C)[In]([C](C)(C)PC(C)C)[c]2cccc(C)c21. The van der Waals surface area contributed by atoms with Crippen molar-refractivity contribution < 1.29 is 0 Å². The molecule has 0 radical (unpaired) electrons. The van der Waals surface area contributed by atoms with E-state index in [1.807, 2.05) is 0 Å². The molecule has 1 unspecified atom stereocenters. The third-order valence-corrected chi connectivity index (χ3v) is 20.1. The number of benzene rings is 1. The molecule has 1 aliphatic heterocycles. The molecule has 0 aromatic heterocycles. The molecule has 1 aromatic rings. The van der Waals surface area contributed by atoms with Crippen molar-refractivity contribution in [1.82, 2.24) is 0 Å². The van der Waals surface area contributed by atoms with Gasteiger partial charge < -0.3 is 0 Å². The first-order valence-corrected chi connectivity index (χ1v) is 13.3. The second-order valence-corrected chi connectivity index (χ2v) is 22.0. The normalized spacial score (nSPS) is 16.1. The summed E-state index contributed by atoms with van der Waals surface area (Å²) in [6.45, 7) is 16.9. The van der Waals surface area contributed by atoms with Crippen LogP contribution in [0.15, 0.2) is 21.5 Å². The van der Waals surface area contributed by atoms with Crippen LogP contribution in [0.3, 0.4) is 0 Å². The molecule has 0 aliphatic carbocycles. The Balaban J connectivity index is 2.53. The van der Waals surface area contributed by atoms with Crippen LogP contribution in [0, 0.1) is 6.92 Å². The molecule has 0 amide bonds. The molecule has 0 spiro atoms. The molecule has 0 saturated heterocycles. The predicted octanol–water partition coefficient (Wildman–Crippen LogP) is 4.45. The standard InChI is InChI=1S/C11H12.C6H14P.In/c1-4-9(2)11-8-6-5-7-10(11)3;1-5(2)7-6(3)4;/h5-7H,1-3H3;5,7H,1-4H3;. The van der Waals surface area contributed by atoms with Crippen molar-refractivity contribution in [2.45, 2.75) is 57.0 Å². The minimum atomic E-state index is -1.87. The first kappa shape index (κ1) is 15.6. The summed E-state index contributed by atoms with van der Waals surface area (Å²) in [5.41, 5.74) is 5.53. The first-order valence-electron chi connectivity index (χ1n) is 7.30. The van der Waals surface area contributed by atoms with E-state index in [-0.39, 0.29) is 0 Å². The molecule has 1 aliphatic rings. The summed E-state index contributed by atoms with van der Waals surface area (Å²) < 4.78 is 4.14. The molecule has 2 heteroatoms. The van der Waals surface area contributed by atoms with Gasteiger partial charge >= 0.3 is 129 Å². The number of fused-ring (bicyclic) bond motifs is 1. The van der Waals surface area contributed by atoms with Gasteiger partial charge in [0.15, 0.2) is 0 Å². The van der Waals surface area contributed by atoms with Crippen LogP contribution >= 0.6 is 8.58 Å². The van der Waals surface area contributed by atoms with Gasteiger partial charge in [0.2, 0.25) is 0 Å². The molecular weight excluding hydrogens is 350 g/mol. The molecule has 0 fully saturated rings. The molecular formula is C17H26InP. The van der Waals surface area contributed by atoms with Gasteiger partial charge in [-0.3, -0.25) is 0 Å². The first-order chi connectivity index (χ1) is 8.75. The van der Waals surface area contributed by atoms with Crippen LogP contribution < -0.4 is 3.32 Å². The second kappa shape index (κ2) is 5.57. The van der Waals surface area contributed by atoms with Gasteiger partial charge in [-0.2, -0.15) is 0 Å². The van der Waals surface area contributed by atoms with Gasteiger partial charge in [-0.15, -0.1) is 0 Å². The third-order valence-electron chi connectivity index (χ3n) is 4.40. The average molecular weight is 376 g/mol. The van der Waals surface area contributed by atoms with E-state index in [1.54, 1.807) is 17.8 Å². The number of hydrogen-bond acceptors (Lipinski definition) is 0. The van der Waals surface area contributed by atoms with E-state index >= 15 is 0 Å². The molecule has 0 saturated carbocycles. The van der Waals surface area contributed by atoms with Crippen molar-refractivity contribution in [2.24, 2.45) is 0 Å². The molecule has 102 valence electrons. The quantitative estimate of drug-likeness (QED) is 0.684. The Kier molecular flexibility index (Phi) is 4.58. The fourth-order valence-corrected chi connectivity index (χ4v) is 23.5. The van der Waals surface area contributed by atoms with Crippen molar-refractivity contribution in [3.63, 3.8) is 0 Å². The molecule has 0 bridgehead atoms. The van der Waals surface area contributed by atoms with Gasteiger partial charge in [-0.25, -0.2) is 0 Å². The molecule has 1 heterocycles. The Hall–Kier alpha value is 0.260. The fourth-order valence-electron chi connectivity index (χ4n) is 3.85. The van der Waals surface area contributed by atoms with Gasteiger partial charge in [0, 0.05) is 0 Å². The van der Waals surface area contributed by atoms with Crippen LogP contribution in [0.25, 0.3) is 5.57 Å². The van der Waals surface area contributed by atoms with Gasteiger partial charge in [0.1, 0.15) is 0 Å². The molecule has 0 N–H and O–H groups in total. The molecule has 1 aromatic carbocycles. The molecule has 19 heavy (non-hydrogen) atoms. The van der Waals surface area contributed by atoms with E-state index in [0.717, 1.165) is 14.2 Å². The Morgan fingerprint density at radius 3 is 2.32 bits per heavy atom. The molecule has 1 atom stereocenters. The van der Waals surface area contributed by atoms with Crippen LogP contribution in [0.4, 0.5) is 0 Å². The number of aryl methyl sites for hydroxylation is 1. The Labute approximate surface area is 128 Å². The summed E-state index contributed by atoms with van der Waals surface area (Å²) in [7, 11) is 1.09. The van der Waals surface area contributed by atoms with Crippen molar-refractivity contribution in [3.05, 3.63) is 32.7 Å². The van der Waals surface area contributed by atoms with Gasteiger partial charge in [0.05, 0.1) is 0 Å². The third kappa shape index (κ3) is 2.84. The second-order valence-electron chi connectivity index (χ2n) is 6.80. The summed E-state index contributed by atoms with van der Waals surface area (Å²) >= 11 is -1.87. The van der Waals surface area contributed by atoms with E-state index in [2.05, 4.69) is 66.7 Å². The Morgan fingerprint density at radius 2 is 1.74 bits per heavy atom. The van der Waals surface area contributed by atoms with Gasteiger partial charge in [-0.05, 0) is 0 Å². The number of hydrogen-bond donors (Lipinski definition) is 0. The number of allylic oxidation sites excluding steroid dienone is 2. The number of rotatable bonds is 3. The van der Waals surface area contributed by atoms with E-state index in [4.69, 9.17) is 0 Å². The van der Waals surface area contributed by atoms with Crippen molar-refractivity contribution in [2.75, 3.05) is 0 Å². The van der Waals surface area contributed by atoms with Crippen molar-refractivity contribution in [1.29, 1.82) is 0 Å². The monoisotopic (exact) mass is 376 g/mol.